The molecule has 11 heteroatoms. The van der Waals surface area contributed by atoms with Crippen LogP contribution in [-0.4, -0.2) is 51.0 Å². The number of nitrogens with zero attached hydrogens (tertiary/aromatic N) is 1. The van der Waals surface area contributed by atoms with Gasteiger partial charge in [-0.25, -0.2) is 17.5 Å². The molecule has 1 aromatic heterocycles. The van der Waals surface area contributed by atoms with Crippen LogP contribution in [-0.2, 0) is 32.5 Å². The van der Waals surface area contributed by atoms with Crippen LogP contribution in [0.4, 0.5) is 4.39 Å². The largest absolute Gasteiger partial charge is 0.497 e. The van der Waals surface area contributed by atoms with Gasteiger partial charge in [-0.1, -0.05) is 24.3 Å². The van der Waals surface area contributed by atoms with Gasteiger partial charge in [0.05, 0.1) is 7.11 Å². The van der Waals surface area contributed by atoms with Gasteiger partial charge in [0.25, 0.3) is 0 Å². The van der Waals surface area contributed by atoms with E-state index in [9.17, 15) is 22.4 Å². The summed E-state index contributed by atoms with van der Waals surface area (Å²) >= 11 is 0. The number of aryl methyl sites for hydroxylation is 1. The van der Waals surface area contributed by atoms with E-state index in [-0.39, 0.29) is 30.3 Å². The zero-order valence-electron chi connectivity index (χ0n) is 23.8. The van der Waals surface area contributed by atoms with Crippen molar-refractivity contribution in [3.8, 4) is 5.75 Å². The van der Waals surface area contributed by atoms with Crippen LogP contribution in [0.2, 0.25) is 0 Å². The number of hydrogen-bond acceptors (Lipinski definition) is 6. The number of carbonyl (C=O) groups excluding carboxylic acids is 2. The van der Waals surface area contributed by atoms with E-state index >= 15 is 0 Å². The maximum atomic E-state index is 13.9. The molecule has 2 amide bonds. The number of aromatic nitrogens is 1. The highest BCUT2D eigenvalue weighted by Crippen LogP contribution is 2.36. The van der Waals surface area contributed by atoms with Crippen LogP contribution in [0, 0.1) is 5.82 Å². The number of methoxy groups -OCH3 is 1. The highest BCUT2D eigenvalue weighted by molar-refractivity contribution is 7.89. The summed E-state index contributed by atoms with van der Waals surface area (Å²) in [5.74, 6) is -0.644. The standard InChI is InChI=1S/C31H37FN4O5S/c1-21(37)35-29(10-5-6-17-34-42(39,40)30-11-4-3-9-27(30)32)31(38)36-28-15-12-23-19-24(41-2)13-14-25(23)26(28)18-22-8-7-16-33-20-22/h3-4,7-9,11,13-14,16,19-20,26,28-29,34H,5-6,10,12,15,17-18H2,1-2H3,(H,35,37)(H,36,38). The van der Waals surface area contributed by atoms with Crippen molar-refractivity contribution >= 4 is 21.8 Å². The fourth-order valence-corrected chi connectivity index (χ4v) is 6.58. The molecule has 3 aromatic rings. The maximum Gasteiger partial charge on any atom is 0.243 e. The van der Waals surface area contributed by atoms with Crippen LogP contribution in [0.1, 0.15) is 55.2 Å². The predicted octanol–water partition coefficient (Wildman–Crippen LogP) is 3.64. The molecule has 1 aliphatic carbocycles. The Morgan fingerprint density at radius 2 is 1.93 bits per heavy atom. The van der Waals surface area contributed by atoms with Gasteiger partial charge in [0.2, 0.25) is 21.8 Å². The van der Waals surface area contributed by atoms with Crippen molar-refractivity contribution in [3.63, 3.8) is 0 Å². The van der Waals surface area contributed by atoms with Crippen molar-refractivity contribution in [2.45, 2.75) is 68.3 Å². The van der Waals surface area contributed by atoms with E-state index in [2.05, 4.69) is 26.4 Å². The second-order valence-corrected chi connectivity index (χ2v) is 12.2. The molecule has 0 spiro atoms. The van der Waals surface area contributed by atoms with Gasteiger partial charge in [0.1, 0.15) is 22.5 Å². The Balaban J connectivity index is 1.40. The van der Waals surface area contributed by atoms with Crippen LogP contribution in [0.5, 0.6) is 5.75 Å². The fourth-order valence-electron chi connectivity index (χ4n) is 5.43. The summed E-state index contributed by atoms with van der Waals surface area (Å²) in [5.41, 5.74) is 3.39. The lowest BCUT2D eigenvalue weighted by molar-refractivity contribution is -0.129. The van der Waals surface area contributed by atoms with Gasteiger partial charge < -0.3 is 15.4 Å². The average molecular weight is 597 g/mol. The van der Waals surface area contributed by atoms with Gasteiger partial charge in [-0.15, -0.1) is 0 Å². The lowest BCUT2D eigenvalue weighted by Crippen LogP contribution is -2.51. The molecule has 0 aliphatic heterocycles. The second-order valence-electron chi connectivity index (χ2n) is 10.5. The molecule has 0 saturated heterocycles. The first-order valence-electron chi connectivity index (χ1n) is 14.1. The molecule has 42 heavy (non-hydrogen) atoms. The quantitative estimate of drug-likeness (QED) is 0.259. The second kappa shape index (κ2) is 14.4. The molecule has 3 unspecified atom stereocenters. The molecular formula is C31H37FN4O5S. The van der Waals surface area contributed by atoms with Gasteiger partial charge in [-0.3, -0.25) is 14.6 Å². The lowest BCUT2D eigenvalue weighted by Gasteiger charge is -2.35. The van der Waals surface area contributed by atoms with Crippen LogP contribution >= 0.6 is 0 Å². The number of halogens is 1. The van der Waals surface area contributed by atoms with Crippen LogP contribution in [0.25, 0.3) is 0 Å². The SMILES string of the molecule is COc1ccc2c(c1)CCC(NC(=O)C(CCCCNS(=O)(=O)c1ccccc1F)NC(C)=O)C2Cc1cccnc1. The number of hydrogen-bond donors (Lipinski definition) is 3. The molecule has 1 aliphatic rings. The third-order valence-corrected chi connectivity index (χ3v) is 8.99. The van der Waals surface area contributed by atoms with Gasteiger partial charge in [-0.05, 0) is 85.5 Å². The van der Waals surface area contributed by atoms with Gasteiger partial charge >= 0.3 is 0 Å². The van der Waals surface area contributed by atoms with Crippen molar-refractivity contribution in [2.75, 3.05) is 13.7 Å². The zero-order chi connectivity index (χ0) is 30.1. The van der Waals surface area contributed by atoms with E-state index in [0.29, 0.717) is 25.7 Å². The minimum atomic E-state index is -3.99. The van der Waals surface area contributed by atoms with E-state index in [1.54, 1.807) is 13.3 Å². The topological polar surface area (TPSA) is 126 Å². The zero-order valence-corrected chi connectivity index (χ0v) is 24.6. The smallest absolute Gasteiger partial charge is 0.243 e. The van der Waals surface area contributed by atoms with Crippen LogP contribution in [0.3, 0.4) is 0 Å². The molecule has 4 rings (SSSR count). The minimum Gasteiger partial charge on any atom is -0.497 e. The maximum absolute atomic E-state index is 13.9. The highest BCUT2D eigenvalue weighted by atomic mass is 32.2. The lowest BCUT2D eigenvalue weighted by atomic mass is 9.76. The summed E-state index contributed by atoms with van der Waals surface area (Å²) in [6.45, 7) is 1.43. The molecule has 224 valence electrons. The van der Waals surface area contributed by atoms with Gasteiger partial charge in [-0.2, -0.15) is 0 Å². The van der Waals surface area contributed by atoms with Gasteiger partial charge in [0, 0.05) is 37.8 Å². The molecule has 0 fully saturated rings. The Kier molecular flexibility index (Phi) is 10.6. The summed E-state index contributed by atoms with van der Waals surface area (Å²) in [5, 5.41) is 5.94. The van der Waals surface area contributed by atoms with Crippen LogP contribution in [0.15, 0.2) is 71.9 Å². The van der Waals surface area contributed by atoms with E-state index in [1.165, 1.54) is 30.7 Å². The Labute approximate surface area is 246 Å². The third-order valence-electron chi connectivity index (χ3n) is 7.50. The number of amides is 2. The first-order chi connectivity index (χ1) is 20.2. The van der Waals surface area contributed by atoms with Crippen LogP contribution < -0.4 is 20.1 Å². The number of rotatable bonds is 13. The summed E-state index contributed by atoms with van der Waals surface area (Å²) in [4.78, 5) is 29.3. The Hall–Kier alpha value is -3.83. The van der Waals surface area contributed by atoms with Gasteiger partial charge in [0.15, 0.2) is 0 Å². The van der Waals surface area contributed by atoms with Crippen molar-refractivity contribution in [1.29, 1.82) is 0 Å². The number of carbonyl (C=O) groups is 2. The molecule has 0 saturated carbocycles. The molecule has 0 bridgehead atoms. The van der Waals surface area contributed by atoms with E-state index < -0.39 is 26.8 Å². The highest BCUT2D eigenvalue weighted by Gasteiger charge is 2.33. The normalized spacial score (nSPS) is 17.1. The number of unbranched alkanes of at least 4 members (excludes halogenated alkanes) is 1. The molecule has 3 atom stereocenters. The Morgan fingerprint density at radius 3 is 2.64 bits per heavy atom. The Morgan fingerprint density at radius 1 is 1.12 bits per heavy atom. The van der Waals surface area contributed by atoms with Crippen molar-refractivity contribution in [2.24, 2.45) is 0 Å². The number of ether oxygens (including phenoxy) is 1. The summed E-state index contributed by atoms with van der Waals surface area (Å²) in [6, 6.07) is 14.2. The summed E-state index contributed by atoms with van der Waals surface area (Å²) in [7, 11) is -2.35. The first-order valence-corrected chi connectivity index (χ1v) is 15.5. The first kappa shape index (κ1) is 31.1. The molecule has 9 nitrogen and oxygen atoms in total. The number of sulfonamides is 1. The summed E-state index contributed by atoms with van der Waals surface area (Å²) < 4.78 is 46.6. The number of benzene rings is 2. The minimum absolute atomic E-state index is 0.00132. The molecule has 1 heterocycles. The molecule has 3 N–H and O–H groups in total. The number of pyridine rings is 1. The fraction of sp³-hybridized carbons (Fsp3) is 0.387. The predicted molar refractivity (Wildman–Crippen MR) is 157 cm³/mol. The molecule has 2 aromatic carbocycles. The van der Waals surface area contributed by atoms with E-state index in [0.717, 1.165) is 35.8 Å². The molecular weight excluding hydrogens is 559 g/mol. The van der Waals surface area contributed by atoms with E-state index in [4.69, 9.17) is 4.74 Å². The molecule has 0 radical (unpaired) electrons. The van der Waals surface area contributed by atoms with E-state index in [1.807, 2.05) is 30.5 Å². The average Bonchev–Trinajstić information content (AvgIpc) is 2.97. The number of fused-ring (bicyclic) bond motifs is 1. The monoisotopic (exact) mass is 596 g/mol. The third kappa shape index (κ3) is 8.13. The Bertz CT molecular complexity index is 1490. The number of nitrogens with one attached hydrogen (secondary N) is 3. The van der Waals surface area contributed by atoms with Crippen molar-refractivity contribution in [1.82, 2.24) is 20.3 Å². The summed E-state index contributed by atoms with van der Waals surface area (Å²) in [6.07, 6.45) is 6.92. The van der Waals surface area contributed by atoms with Crippen molar-refractivity contribution < 1.29 is 27.1 Å². The van der Waals surface area contributed by atoms with Crippen molar-refractivity contribution in [3.05, 3.63) is 89.5 Å².